The highest BCUT2D eigenvalue weighted by Crippen LogP contribution is 2.20. The third-order valence-corrected chi connectivity index (χ3v) is 4.37. The van der Waals surface area contributed by atoms with Gasteiger partial charge in [-0.05, 0) is 82.0 Å². The lowest BCUT2D eigenvalue weighted by Gasteiger charge is -2.11. The van der Waals surface area contributed by atoms with Gasteiger partial charge < -0.3 is 10.1 Å². The van der Waals surface area contributed by atoms with Crippen molar-refractivity contribution in [3.63, 3.8) is 0 Å². The van der Waals surface area contributed by atoms with E-state index in [1.165, 1.54) is 0 Å². The first kappa shape index (κ1) is 17.6. The maximum atomic E-state index is 12.0. The Labute approximate surface area is 164 Å². The molecule has 0 radical (unpaired) electrons. The molecule has 0 heterocycles. The molecule has 126 valence electrons. The average molecular weight is 462 g/mol. The molecule has 1 amide bonds. The molecule has 4 nitrogen and oxygen atoms in total. The Hall–Kier alpha value is -2.19. The summed E-state index contributed by atoms with van der Waals surface area (Å²) in [6.45, 7) is -0.104. The van der Waals surface area contributed by atoms with Gasteiger partial charge in [0.2, 0.25) is 0 Å². The van der Waals surface area contributed by atoms with Crippen LogP contribution >= 0.6 is 34.8 Å². The van der Waals surface area contributed by atoms with E-state index in [1.807, 2.05) is 66.7 Å². The van der Waals surface area contributed by atoms with Gasteiger partial charge in [0.05, 0.1) is 0 Å². The molecule has 0 aromatic heterocycles. The van der Waals surface area contributed by atoms with Crippen molar-refractivity contribution in [2.24, 2.45) is 0 Å². The number of thiocarbonyl (C=S) groups is 1. The van der Waals surface area contributed by atoms with E-state index in [0.29, 0.717) is 5.75 Å². The summed E-state index contributed by atoms with van der Waals surface area (Å²) < 4.78 is 6.67. The lowest BCUT2D eigenvalue weighted by atomic mass is 10.1. The summed E-state index contributed by atoms with van der Waals surface area (Å²) in [5.74, 6) is 0.335. The van der Waals surface area contributed by atoms with Crippen LogP contribution in [-0.2, 0) is 4.79 Å². The van der Waals surface area contributed by atoms with Crippen molar-refractivity contribution in [3.05, 3.63) is 70.3 Å². The van der Waals surface area contributed by atoms with Crippen LogP contribution in [0.3, 0.4) is 0 Å². The quantitative estimate of drug-likeness (QED) is 0.448. The number of halogens is 1. The minimum atomic E-state index is -0.309. The molecule has 0 saturated carbocycles. The molecule has 0 aliphatic rings. The molecule has 0 unspecified atom stereocenters. The smallest absolute Gasteiger partial charge is 0.264 e. The highest BCUT2D eigenvalue weighted by Gasteiger charge is 2.06. The van der Waals surface area contributed by atoms with Crippen molar-refractivity contribution in [1.82, 2.24) is 5.32 Å². The average Bonchev–Trinajstić information content (AvgIpc) is 2.61. The third kappa shape index (κ3) is 5.14. The maximum absolute atomic E-state index is 12.0. The molecule has 6 heteroatoms. The number of rotatable bonds is 4. The second-order valence-electron chi connectivity index (χ2n) is 5.31. The van der Waals surface area contributed by atoms with Crippen molar-refractivity contribution >= 4 is 62.3 Å². The zero-order chi connectivity index (χ0) is 17.6. The Bertz CT molecular complexity index is 913. The van der Waals surface area contributed by atoms with E-state index in [1.54, 1.807) is 0 Å². The minimum absolute atomic E-state index is 0.104. The van der Waals surface area contributed by atoms with Gasteiger partial charge in [0.15, 0.2) is 11.7 Å². The van der Waals surface area contributed by atoms with Gasteiger partial charge in [-0.15, -0.1) is 0 Å². The van der Waals surface area contributed by atoms with Crippen LogP contribution in [0.2, 0.25) is 0 Å². The fourth-order valence-corrected chi connectivity index (χ4v) is 2.86. The lowest BCUT2D eigenvalue weighted by Crippen LogP contribution is -2.37. The van der Waals surface area contributed by atoms with E-state index < -0.39 is 0 Å². The molecule has 3 rings (SSSR count). The number of ether oxygens (including phenoxy) is 1. The number of carbonyl (C=O) groups is 1. The number of benzene rings is 3. The Kier molecular flexibility index (Phi) is 5.83. The molecule has 0 atom stereocenters. The molecule has 0 spiro atoms. The summed E-state index contributed by atoms with van der Waals surface area (Å²) in [6.07, 6.45) is 0. The Morgan fingerprint density at radius 2 is 1.72 bits per heavy atom. The largest absolute Gasteiger partial charge is 0.484 e. The topological polar surface area (TPSA) is 50.4 Å². The molecule has 3 aromatic rings. The normalized spacial score (nSPS) is 10.3. The van der Waals surface area contributed by atoms with Crippen LogP contribution in [0.1, 0.15) is 0 Å². The van der Waals surface area contributed by atoms with Crippen molar-refractivity contribution < 1.29 is 9.53 Å². The van der Waals surface area contributed by atoms with E-state index in [2.05, 4.69) is 33.2 Å². The molecular weight excluding hydrogens is 447 g/mol. The maximum Gasteiger partial charge on any atom is 0.264 e. The SMILES string of the molecule is O=C(COc1ccc2ccccc2c1)NC(=S)Nc1ccc(I)cc1. The highest BCUT2D eigenvalue weighted by molar-refractivity contribution is 14.1. The van der Waals surface area contributed by atoms with Gasteiger partial charge >= 0.3 is 0 Å². The summed E-state index contributed by atoms with van der Waals surface area (Å²) in [6, 6.07) is 21.4. The fraction of sp³-hybridized carbons (Fsp3) is 0.0526. The van der Waals surface area contributed by atoms with Gasteiger partial charge in [-0.25, -0.2) is 0 Å². The number of nitrogens with one attached hydrogen (secondary N) is 2. The number of amides is 1. The molecule has 0 aliphatic heterocycles. The zero-order valence-electron chi connectivity index (χ0n) is 13.2. The number of carbonyl (C=O) groups excluding carboxylic acids is 1. The Balaban J connectivity index is 1.51. The summed E-state index contributed by atoms with van der Waals surface area (Å²) >= 11 is 7.36. The molecule has 2 N–H and O–H groups in total. The lowest BCUT2D eigenvalue weighted by molar-refractivity contribution is -0.121. The molecule has 25 heavy (non-hydrogen) atoms. The van der Waals surface area contributed by atoms with Gasteiger partial charge in [0.1, 0.15) is 5.75 Å². The molecule has 0 fully saturated rings. The molecule has 0 bridgehead atoms. The van der Waals surface area contributed by atoms with Crippen LogP contribution in [0.15, 0.2) is 66.7 Å². The second kappa shape index (κ2) is 8.26. The highest BCUT2D eigenvalue weighted by atomic mass is 127. The van der Waals surface area contributed by atoms with Crippen molar-refractivity contribution in [3.8, 4) is 5.75 Å². The van der Waals surface area contributed by atoms with Crippen LogP contribution < -0.4 is 15.4 Å². The predicted molar refractivity (Wildman–Crippen MR) is 113 cm³/mol. The summed E-state index contributed by atoms with van der Waals surface area (Å²) in [7, 11) is 0. The molecular formula is C19H15IN2O2S. The van der Waals surface area contributed by atoms with E-state index in [4.69, 9.17) is 17.0 Å². The van der Waals surface area contributed by atoms with Crippen LogP contribution in [0.5, 0.6) is 5.75 Å². The number of anilines is 1. The first-order chi connectivity index (χ1) is 12.1. The predicted octanol–water partition coefficient (Wildman–Crippen LogP) is 4.34. The van der Waals surface area contributed by atoms with Gasteiger partial charge in [-0.2, -0.15) is 0 Å². The van der Waals surface area contributed by atoms with Crippen molar-refractivity contribution in [1.29, 1.82) is 0 Å². The van der Waals surface area contributed by atoms with E-state index in [-0.39, 0.29) is 17.6 Å². The standard InChI is InChI=1S/C19H15IN2O2S/c20-15-6-8-16(9-7-15)21-19(25)22-18(23)12-24-17-10-5-13-3-1-2-4-14(13)11-17/h1-11H,12H2,(H2,21,22,23,25). The molecule has 0 aliphatic carbocycles. The van der Waals surface area contributed by atoms with Crippen LogP contribution in [0.4, 0.5) is 5.69 Å². The van der Waals surface area contributed by atoms with E-state index >= 15 is 0 Å². The first-order valence-corrected chi connectivity index (χ1v) is 9.07. The minimum Gasteiger partial charge on any atom is -0.484 e. The summed E-state index contributed by atoms with van der Waals surface area (Å²) in [4.78, 5) is 12.0. The summed E-state index contributed by atoms with van der Waals surface area (Å²) in [5, 5.41) is 8.00. The second-order valence-corrected chi connectivity index (χ2v) is 6.96. The van der Waals surface area contributed by atoms with Gasteiger partial charge in [-0.1, -0.05) is 30.3 Å². The van der Waals surface area contributed by atoms with Crippen LogP contribution in [0.25, 0.3) is 10.8 Å². The fourth-order valence-electron chi connectivity index (χ4n) is 2.26. The molecule has 0 saturated heterocycles. The van der Waals surface area contributed by atoms with Gasteiger partial charge in [0, 0.05) is 9.26 Å². The number of hydrogen-bond donors (Lipinski definition) is 2. The van der Waals surface area contributed by atoms with E-state index in [0.717, 1.165) is 20.0 Å². The third-order valence-electron chi connectivity index (χ3n) is 3.45. The summed E-state index contributed by atoms with van der Waals surface area (Å²) in [5.41, 5.74) is 0.821. The van der Waals surface area contributed by atoms with Crippen LogP contribution in [0, 0.1) is 3.57 Å². The number of hydrogen-bond acceptors (Lipinski definition) is 3. The van der Waals surface area contributed by atoms with Gasteiger partial charge in [-0.3, -0.25) is 10.1 Å². The van der Waals surface area contributed by atoms with Crippen molar-refractivity contribution in [2.45, 2.75) is 0 Å². The van der Waals surface area contributed by atoms with Crippen molar-refractivity contribution in [2.75, 3.05) is 11.9 Å². The first-order valence-electron chi connectivity index (χ1n) is 7.58. The Morgan fingerprint density at radius 1 is 1.00 bits per heavy atom. The monoisotopic (exact) mass is 462 g/mol. The zero-order valence-corrected chi connectivity index (χ0v) is 16.1. The van der Waals surface area contributed by atoms with Crippen LogP contribution in [-0.4, -0.2) is 17.6 Å². The number of fused-ring (bicyclic) bond motifs is 1. The Morgan fingerprint density at radius 3 is 2.48 bits per heavy atom. The molecule has 3 aromatic carbocycles. The van der Waals surface area contributed by atoms with E-state index in [9.17, 15) is 4.79 Å². The van der Waals surface area contributed by atoms with Gasteiger partial charge in [0.25, 0.3) is 5.91 Å².